The highest BCUT2D eigenvalue weighted by molar-refractivity contribution is 14.1. The number of fused-ring (bicyclic) bond motifs is 1. The number of phenols is 1. The molecule has 2 N–H and O–H groups in total. The van der Waals surface area contributed by atoms with Gasteiger partial charge in [0.15, 0.2) is 11.6 Å². The van der Waals surface area contributed by atoms with E-state index in [2.05, 4.69) is 32.6 Å². The van der Waals surface area contributed by atoms with Crippen LogP contribution in [0.3, 0.4) is 0 Å². The number of hydrogen-bond donors (Lipinski definition) is 2. The average Bonchev–Trinajstić information content (AvgIpc) is 2.81. The van der Waals surface area contributed by atoms with Crippen LogP contribution >= 0.6 is 22.6 Å². The van der Waals surface area contributed by atoms with Gasteiger partial charge in [0.2, 0.25) is 0 Å². The van der Waals surface area contributed by atoms with Gasteiger partial charge >= 0.3 is 0 Å². The Labute approximate surface area is 120 Å². The molecule has 0 atom stereocenters. The highest BCUT2D eigenvalue weighted by Crippen LogP contribution is 2.30. The van der Waals surface area contributed by atoms with E-state index in [1.165, 1.54) is 12.1 Å². The molecule has 3 nitrogen and oxygen atoms in total. The summed E-state index contributed by atoms with van der Waals surface area (Å²) < 4.78 is 27.6. The third-order valence-corrected chi connectivity index (χ3v) is 3.43. The first-order valence-electron chi connectivity index (χ1n) is 5.39. The van der Waals surface area contributed by atoms with Crippen molar-refractivity contribution in [2.75, 3.05) is 0 Å². The van der Waals surface area contributed by atoms with E-state index in [4.69, 9.17) is 0 Å². The third kappa shape index (κ3) is 2.05. The average molecular weight is 372 g/mol. The molecule has 0 unspecified atom stereocenters. The Kier molecular flexibility index (Phi) is 2.89. The quantitative estimate of drug-likeness (QED) is 0.639. The predicted octanol–water partition coefficient (Wildman–Crippen LogP) is 3.82. The zero-order chi connectivity index (χ0) is 13.6. The fraction of sp³-hybridized carbons (Fsp3) is 0. The van der Waals surface area contributed by atoms with Crippen LogP contribution in [0, 0.1) is 15.2 Å². The fourth-order valence-electron chi connectivity index (χ4n) is 1.84. The molecular formula is C13H7F2IN2O. The number of imidazole rings is 1. The summed E-state index contributed by atoms with van der Waals surface area (Å²) in [5.41, 5.74) is 0.753. The largest absolute Gasteiger partial charge is 0.507 e. The first-order valence-corrected chi connectivity index (χ1v) is 6.47. The Morgan fingerprint density at radius 1 is 1.16 bits per heavy atom. The van der Waals surface area contributed by atoms with Crippen molar-refractivity contribution in [1.82, 2.24) is 9.97 Å². The first-order chi connectivity index (χ1) is 9.06. The molecule has 96 valence electrons. The highest BCUT2D eigenvalue weighted by atomic mass is 127. The fourth-order valence-corrected chi connectivity index (χ4v) is 2.33. The summed E-state index contributed by atoms with van der Waals surface area (Å²) >= 11 is 2.09. The highest BCUT2D eigenvalue weighted by Gasteiger charge is 2.14. The molecule has 2 aromatic carbocycles. The number of nitrogens with one attached hydrogen (secondary N) is 1. The van der Waals surface area contributed by atoms with Crippen LogP contribution < -0.4 is 0 Å². The Morgan fingerprint density at radius 3 is 2.74 bits per heavy atom. The minimum Gasteiger partial charge on any atom is -0.507 e. The molecule has 0 fully saturated rings. The third-order valence-electron chi connectivity index (χ3n) is 2.76. The van der Waals surface area contributed by atoms with Crippen LogP contribution in [-0.4, -0.2) is 15.1 Å². The number of rotatable bonds is 1. The molecular weight excluding hydrogens is 365 g/mol. The lowest BCUT2D eigenvalue weighted by atomic mass is 10.2. The molecule has 0 aliphatic heterocycles. The van der Waals surface area contributed by atoms with Crippen molar-refractivity contribution in [3.8, 4) is 17.1 Å². The molecule has 6 heteroatoms. The van der Waals surface area contributed by atoms with Crippen molar-refractivity contribution in [2.24, 2.45) is 0 Å². The molecule has 0 aliphatic rings. The lowest BCUT2D eigenvalue weighted by Gasteiger charge is -2.01. The number of phenolic OH excluding ortho intramolecular Hbond substituents is 1. The Balaban J connectivity index is 2.26. The molecule has 0 radical (unpaired) electrons. The van der Waals surface area contributed by atoms with E-state index in [9.17, 15) is 13.9 Å². The summed E-state index contributed by atoms with van der Waals surface area (Å²) in [6.07, 6.45) is 0. The molecule has 1 heterocycles. The molecule has 0 spiro atoms. The molecule has 0 bridgehead atoms. The molecule has 0 amide bonds. The first kappa shape index (κ1) is 12.3. The van der Waals surface area contributed by atoms with Crippen molar-refractivity contribution in [3.63, 3.8) is 0 Å². The zero-order valence-electron chi connectivity index (χ0n) is 9.42. The number of aromatic hydroxyl groups is 1. The van der Waals surface area contributed by atoms with Gasteiger partial charge in [-0.15, -0.1) is 0 Å². The van der Waals surface area contributed by atoms with Gasteiger partial charge in [0.1, 0.15) is 17.1 Å². The van der Waals surface area contributed by atoms with Gasteiger partial charge in [0.05, 0.1) is 11.1 Å². The lowest BCUT2D eigenvalue weighted by molar-refractivity contribution is 0.477. The summed E-state index contributed by atoms with van der Waals surface area (Å²) in [7, 11) is 0. The van der Waals surface area contributed by atoms with Gasteiger partial charge < -0.3 is 10.1 Å². The van der Waals surface area contributed by atoms with Crippen molar-refractivity contribution in [3.05, 3.63) is 45.5 Å². The maximum Gasteiger partial charge on any atom is 0.186 e. The summed E-state index contributed by atoms with van der Waals surface area (Å²) in [4.78, 5) is 6.88. The van der Waals surface area contributed by atoms with Crippen LogP contribution in [0.25, 0.3) is 22.4 Å². The maximum atomic E-state index is 13.6. The van der Waals surface area contributed by atoms with Crippen molar-refractivity contribution < 1.29 is 13.9 Å². The molecule has 19 heavy (non-hydrogen) atoms. The summed E-state index contributed by atoms with van der Waals surface area (Å²) in [6, 6.07) is 7.43. The predicted molar refractivity (Wildman–Crippen MR) is 75.8 cm³/mol. The standard InChI is InChI=1S/C13H7F2IN2O/c14-8-2-3-9-12(11(8)15)18-13(17-9)7-5-6(16)1-4-10(7)19/h1-5,19H,(H,17,18). The molecule has 1 aromatic heterocycles. The van der Waals surface area contributed by atoms with Crippen LogP contribution in [0.4, 0.5) is 8.78 Å². The number of nitrogens with zero attached hydrogens (tertiary/aromatic N) is 1. The van der Waals surface area contributed by atoms with E-state index >= 15 is 0 Å². The summed E-state index contributed by atoms with van der Waals surface area (Å²) in [5, 5.41) is 9.81. The number of H-pyrrole nitrogens is 1. The lowest BCUT2D eigenvalue weighted by Crippen LogP contribution is -1.85. The minimum atomic E-state index is -0.995. The van der Waals surface area contributed by atoms with Crippen LogP contribution in [0.15, 0.2) is 30.3 Å². The molecule has 0 aliphatic carbocycles. The molecule has 3 rings (SSSR count). The Bertz CT molecular complexity index is 786. The number of hydrogen-bond acceptors (Lipinski definition) is 2. The topological polar surface area (TPSA) is 48.9 Å². The van der Waals surface area contributed by atoms with Gasteiger partial charge in [-0.05, 0) is 52.9 Å². The SMILES string of the molecule is Oc1ccc(I)cc1-c1nc2c(F)c(F)ccc2[nH]1. The smallest absolute Gasteiger partial charge is 0.186 e. The zero-order valence-corrected chi connectivity index (χ0v) is 11.6. The van der Waals surface area contributed by atoms with Gasteiger partial charge in [-0.3, -0.25) is 0 Å². The van der Waals surface area contributed by atoms with E-state index in [0.29, 0.717) is 16.9 Å². The second kappa shape index (κ2) is 4.44. The van der Waals surface area contributed by atoms with Gasteiger partial charge in [0, 0.05) is 3.57 Å². The van der Waals surface area contributed by atoms with Crippen LogP contribution in [-0.2, 0) is 0 Å². The number of aromatic amines is 1. The number of halogens is 3. The molecule has 0 saturated heterocycles. The van der Waals surface area contributed by atoms with E-state index in [0.717, 1.165) is 9.64 Å². The second-order valence-electron chi connectivity index (χ2n) is 4.00. The number of benzene rings is 2. The van der Waals surface area contributed by atoms with Gasteiger partial charge in [-0.1, -0.05) is 0 Å². The van der Waals surface area contributed by atoms with Crippen molar-refractivity contribution in [2.45, 2.75) is 0 Å². The minimum absolute atomic E-state index is 0.0281. The van der Waals surface area contributed by atoms with Crippen LogP contribution in [0.2, 0.25) is 0 Å². The van der Waals surface area contributed by atoms with Crippen molar-refractivity contribution in [1.29, 1.82) is 0 Å². The second-order valence-corrected chi connectivity index (χ2v) is 5.25. The Hall–Kier alpha value is -1.70. The Morgan fingerprint density at radius 2 is 1.95 bits per heavy atom. The van der Waals surface area contributed by atoms with Crippen LogP contribution in [0.1, 0.15) is 0 Å². The molecule has 0 saturated carbocycles. The molecule has 3 aromatic rings. The summed E-state index contributed by atoms with van der Waals surface area (Å²) in [6.45, 7) is 0. The van der Waals surface area contributed by atoms with Gasteiger partial charge in [0.25, 0.3) is 0 Å². The van der Waals surface area contributed by atoms with E-state index < -0.39 is 11.6 Å². The normalized spacial score (nSPS) is 11.1. The van der Waals surface area contributed by atoms with Gasteiger partial charge in [-0.25, -0.2) is 13.8 Å². The van der Waals surface area contributed by atoms with E-state index in [1.54, 1.807) is 12.1 Å². The summed E-state index contributed by atoms with van der Waals surface area (Å²) in [5.74, 6) is -1.61. The van der Waals surface area contributed by atoms with Crippen molar-refractivity contribution >= 4 is 33.6 Å². The number of aromatic nitrogens is 2. The monoisotopic (exact) mass is 372 g/mol. The van der Waals surface area contributed by atoms with E-state index in [1.807, 2.05) is 0 Å². The van der Waals surface area contributed by atoms with Crippen LogP contribution in [0.5, 0.6) is 5.75 Å². The van der Waals surface area contributed by atoms with Gasteiger partial charge in [-0.2, -0.15) is 0 Å². The van der Waals surface area contributed by atoms with E-state index in [-0.39, 0.29) is 11.3 Å². The maximum absolute atomic E-state index is 13.6.